The highest BCUT2D eigenvalue weighted by Crippen LogP contribution is 2.28. The van der Waals surface area contributed by atoms with Crippen molar-refractivity contribution in [1.82, 2.24) is 15.5 Å². The summed E-state index contributed by atoms with van der Waals surface area (Å²) in [6, 6.07) is 11.8. The Kier molecular flexibility index (Phi) is 6.88. The Morgan fingerprint density at radius 3 is 2.67 bits per heavy atom. The van der Waals surface area contributed by atoms with Gasteiger partial charge in [0.05, 0.1) is 6.10 Å². The van der Waals surface area contributed by atoms with Crippen molar-refractivity contribution in [2.24, 2.45) is 0 Å². The number of fused-ring (bicyclic) bond motifs is 1. The highest BCUT2D eigenvalue weighted by Gasteiger charge is 2.39. The van der Waals surface area contributed by atoms with E-state index in [0.717, 1.165) is 29.7 Å². The van der Waals surface area contributed by atoms with Crippen LogP contribution in [0.25, 0.3) is 0 Å². The molecular weight excluding hydrogens is 460 g/mol. The first-order chi connectivity index (χ1) is 17.5. The van der Waals surface area contributed by atoms with Gasteiger partial charge in [0.25, 0.3) is 5.91 Å². The van der Waals surface area contributed by atoms with Gasteiger partial charge >= 0.3 is 6.03 Å². The molecule has 2 aromatic carbocycles. The van der Waals surface area contributed by atoms with E-state index in [9.17, 15) is 19.2 Å². The van der Waals surface area contributed by atoms with E-state index in [1.165, 1.54) is 24.2 Å². The van der Waals surface area contributed by atoms with Crippen LogP contribution in [0.15, 0.2) is 42.5 Å². The summed E-state index contributed by atoms with van der Waals surface area (Å²) >= 11 is 0. The molecule has 3 N–H and O–H groups in total. The van der Waals surface area contributed by atoms with Gasteiger partial charge in [0.1, 0.15) is 11.8 Å². The Morgan fingerprint density at radius 2 is 1.86 bits per heavy atom. The Labute approximate surface area is 209 Å². The Morgan fingerprint density at radius 1 is 1.03 bits per heavy atom. The number of rotatable bonds is 6. The van der Waals surface area contributed by atoms with Crippen LogP contribution in [0.3, 0.4) is 0 Å². The van der Waals surface area contributed by atoms with Crippen molar-refractivity contribution in [1.29, 1.82) is 0 Å². The summed E-state index contributed by atoms with van der Waals surface area (Å²) in [6.45, 7) is 0.566. The Bertz CT molecular complexity index is 1190. The van der Waals surface area contributed by atoms with E-state index in [-0.39, 0.29) is 36.9 Å². The Balaban J connectivity index is 1.15. The summed E-state index contributed by atoms with van der Waals surface area (Å²) < 4.78 is 6.07. The maximum Gasteiger partial charge on any atom is 0.319 e. The van der Waals surface area contributed by atoms with Crippen LogP contribution in [0.4, 0.5) is 10.5 Å². The minimum Gasteiger partial charge on any atom is -0.490 e. The number of anilines is 1. The molecule has 2 aliphatic heterocycles. The van der Waals surface area contributed by atoms with E-state index in [4.69, 9.17) is 4.74 Å². The summed E-state index contributed by atoms with van der Waals surface area (Å²) in [7, 11) is 0. The molecule has 1 atom stereocenters. The van der Waals surface area contributed by atoms with Gasteiger partial charge in [0.2, 0.25) is 11.8 Å². The number of hydrogen-bond acceptors (Lipinski definition) is 5. The normalized spacial score (nSPS) is 20.1. The molecule has 0 bridgehead atoms. The van der Waals surface area contributed by atoms with Crippen LogP contribution < -0.4 is 20.7 Å². The number of carbonyl (C=O) groups excluding carboxylic acids is 4. The average molecular weight is 491 g/mol. The van der Waals surface area contributed by atoms with Gasteiger partial charge < -0.3 is 20.3 Å². The predicted octanol–water partition coefficient (Wildman–Crippen LogP) is 3.48. The largest absolute Gasteiger partial charge is 0.490 e. The molecule has 0 radical (unpaired) electrons. The third-order valence-electron chi connectivity index (χ3n) is 6.99. The molecule has 188 valence electrons. The standard InChI is InChI=1S/C27H30N4O5/c32-24-12-11-23(25(33)30-24)31-16-18-10-9-17(13-22(18)26(31)34)15-28-27(35)29-19-5-4-8-21(14-19)36-20-6-2-1-3-7-20/h4-5,8-10,13-14,20,23H,1-3,6-7,11-12,15-16H2,(H2,28,29,35)(H,30,32,33). The van der Waals surface area contributed by atoms with E-state index < -0.39 is 11.9 Å². The minimum absolute atomic E-state index is 0.219. The molecule has 0 spiro atoms. The van der Waals surface area contributed by atoms with Gasteiger partial charge in [-0.3, -0.25) is 19.7 Å². The summed E-state index contributed by atoms with van der Waals surface area (Å²) in [6.07, 6.45) is 6.54. The third-order valence-corrected chi connectivity index (χ3v) is 6.99. The van der Waals surface area contributed by atoms with E-state index in [1.54, 1.807) is 6.07 Å². The second kappa shape index (κ2) is 10.4. The molecule has 1 saturated carbocycles. The highest BCUT2D eigenvalue weighted by molar-refractivity contribution is 6.05. The molecule has 2 aromatic rings. The minimum atomic E-state index is -0.646. The molecular formula is C27H30N4O5. The lowest BCUT2D eigenvalue weighted by atomic mass is 9.98. The fraction of sp³-hybridized carbons (Fsp3) is 0.407. The number of urea groups is 1. The van der Waals surface area contributed by atoms with Gasteiger partial charge in [-0.25, -0.2) is 4.79 Å². The van der Waals surface area contributed by atoms with E-state index in [0.29, 0.717) is 24.2 Å². The number of carbonyl (C=O) groups is 4. The summed E-state index contributed by atoms with van der Waals surface area (Å²) in [5.41, 5.74) is 2.77. The molecule has 5 rings (SSSR count). The molecule has 9 heteroatoms. The van der Waals surface area contributed by atoms with Gasteiger partial charge in [0, 0.05) is 36.8 Å². The van der Waals surface area contributed by atoms with Crippen LogP contribution in [0.5, 0.6) is 5.75 Å². The van der Waals surface area contributed by atoms with Crippen LogP contribution in [0, 0.1) is 0 Å². The lowest BCUT2D eigenvalue weighted by Crippen LogP contribution is -2.52. The molecule has 1 saturated heterocycles. The summed E-state index contributed by atoms with van der Waals surface area (Å²) in [5, 5.41) is 7.96. The number of piperidine rings is 1. The zero-order valence-corrected chi connectivity index (χ0v) is 20.0. The van der Waals surface area contributed by atoms with Gasteiger partial charge in [0.15, 0.2) is 0 Å². The fourth-order valence-corrected chi connectivity index (χ4v) is 5.09. The molecule has 1 aliphatic carbocycles. The molecule has 2 fully saturated rings. The molecule has 36 heavy (non-hydrogen) atoms. The third kappa shape index (κ3) is 5.35. The molecule has 1 unspecified atom stereocenters. The molecule has 3 aliphatic rings. The lowest BCUT2D eigenvalue weighted by Gasteiger charge is -2.29. The second-order valence-electron chi connectivity index (χ2n) is 9.60. The monoisotopic (exact) mass is 490 g/mol. The van der Waals surface area contributed by atoms with Crippen LogP contribution >= 0.6 is 0 Å². The summed E-state index contributed by atoms with van der Waals surface area (Å²) in [5.74, 6) is -0.229. The number of nitrogens with zero attached hydrogens (tertiary/aromatic N) is 1. The number of imide groups is 1. The maximum absolute atomic E-state index is 13.0. The highest BCUT2D eigenvalue weighted by atomic mass is 16.5. The smallest absolute Gasteiger partial charge is 0.319 e. The van der Waals surface area contributed by atoms with Crippen molar-refractivity contribution in [3.05, 3.63) is 59.2 Å². The van der Waals surface area contributed by atoms with Gasteiger partial charge in [-0.05, 0) is 61.4 Å². The number of hydrogen-bond donors (Lipinski definition) is 3. The molecule has 2 heterocycles. The van der Waals surface area contributed by atoms with Gasteiger partial charge in [-0.1, -0.05) is 24.6 Å². The first kappa shape index (κ1) is 23.8. The number of benzene rings is 2. The first-order valence-corrected chi connectivity index (χ1v) is 12.5. The van der Waals surface area contributed by atoms with Crippen LogP contribution in [0.2, 0.25) is 0 Å². The van der Waals surface area contributed by atoms with Crippen molar-refractivity contribution in [2.45, 2.75) is 70.2 Å². The van der Waals surface area contributed by atoms with Crippen molar-refractivity contribution in [3.8, 4) is 5.75 Å². The second-order valence-corrected chi connectivity index (χ2v) is 9.60. The lowest BCUT2D eigenvalue weighted by molar-refractivity contribution is -0.136. The topological polar surface area (TPSA) is 117 Å². The maximum atomic E-state index is 13.0. The summed E-state index contributed by atoms with van der Waals surface area (Å²) in [4.78, 5) is 50.6. The fourth-order valence-electron chi connectivity index (χ4n) is 5.09. The van der Waals surface area contributed by atoms with E-state index in [1.807, 2.05) is 36.4 Å². The number of nitrogens with one attached hydrogen (secondary N) is 3. The van der Waals surface area contributed by atoms with Crippen molar-refractivity contribution < 1.29 is 23.9 Å². The van der Waals surface area contributed by atoms with E-state index in [2.05, 4.69) is 16.0 Å². The van der Waals surface area contributed by atoms with Crippen LogP contribution in [-0.4, -0.2) is 40.8 Å². The number of ether oxygens (including phenoxy) is 1. The quantitative estimate of drug-likeness (QED) is 0.536. The van der Waals surface area contributed by atoms with Crippen LogP contribution in [-0.2, 0) is 22.7 Å². The van der Waals surface area contributed by atoms with Crippen molar-refractivity contribution in [3.63, 3.8) is 0 Å². The predicted molar refractivity (Wildman–Crippen MR) is 132 cm³/mol. The first-order valence-electron chi connectivity index (χ1n) is 12.5. The molecule has 9 nitrogen and oxygen atoms in total. The SMILES string of the molecule is O=C1CCC(N2Cc3ccc(CNC(=O)Nc4cccc(OC5CCCCC5)c4)cc3C2=O)C(=O)N1. The van der Waals surface area contributed by atoms with Gasteiger partial charge in [-0.2, -0.15) is 0 Å². The molecule has 5 amide bonds. The zero-order valence-electron chi connectivity index (χ0n) is 20.0. The van der Waals surface area contributed by atoms with Crippen LogP contribution in [0.1, 0.15) is 66.4 Å². The number of amides is 5. The van der Waals surface area contributed by atoms with Crippen molar-refractivity contribution in [2.75, 3.05) is 5.32 Å². The van der Waals surface area contributed by atoms with E-state index >= 15 is 0 Å². The van der Waals surface area contributed by atoms with Crippen molar-refractivity contribution >= 4 is 29.4 Å². The molecule has 0 aromatic heterocycles. The average Bonchev–Trinajstić information content (AvgIpc) is 3.19. The van der Waals surface area contributed by atoms with Gasteiger partial charge in [-0.15, -0.1) is 0 Å². The Hall–Kier alpha value is -3.88. The zero-order chi connectivity index (χ0) is 25.1.